The summed E-state index contributed by atoms with van der Waals surface area (Å²) < 4.78 is 20.2. The maximum absolute atomic E-state index is 12.7. The summed E-state index contributed by atoms with van der Waals surface area (Å²) >= 11 is -1.61. The molecule has 3 aromatic carbocycles. The van der Waals surface area contributed by atoms with Crippen LogP contribution in [0.15, 0.2) is 91.0 Å². The van der Waals surface area contributed by atoms with E-state index in [1.807, 2.05) is 91.0 Å². The quantitative estimate of drug-likeness (QED) is 0.718. The second kappa shape index (κ2) is 6.47. The summed E-state index contributed by atoms with van der Waals surface area (Å²) in [5.41, 5.74) is 2.72. The van der Waals surface area contributed by atoms with Crippen molar-refractivity contribution >= 4 is 22.6 Å². The van der Waals surface area contributed by atoms with E-state index in [-0.39, 0.29) is 6.17 Å². The lowest BCUT2D eigenvalue weighted by molar-refractivity contribution is 0.309. The van der Waals surface area contributed by atoms with Crippen LogP contribution < -0.4 is 9.37 Å². The zero-order valence-corrected chi connectivity index (χ0v) is 13.7. The van der Waals surface area contributed by atoms with Crippen molar-refractivity contribution in [2.24, 2.45) is 0 Å². The second-order valence-electron chi connectivity index (χ2n) is 5.40. The Hall–Kier alpha value is -2.63. The highest BCUT2D eigenvalue weighted by molar-refractivity contribution is 7.82. The minimum absolute atomic E-state index is 0.308. The molecule has 0 saturated carbocycles. The Balaban J connectivity index is 1.83. The van der Waals surface area contributed by atoms with E-state index < -0.39 is 11.3 Å². The van der Waals surface area contributed by atoms with Gasteiger partial charge in [-0.15, -0.1) is 4.28 Å². The Morgan fingerprint density at radius 2 is 1.21 bits per heavy atom. The molecule has 1 aliphatic rings. The molecule has 3 aromatic rings. The third kappa shape index (κ3) is 2.68. The molecule has 0 spiro atoms. The van der Waals surface area contributed by atoms with E-state index >= 15 is 0 Å². The molecule has 1 heterocycles. The summed E-state index contributed by atoms with van der Waals surface area (Å²) in [6, 6.07) is 29.3. The second-order valence-corrected chi connectivity index (χ2v) is 6.38. The molecule has 0 aromatic heterocycles. The van der Waals surface area contributed by atoms with Crippen LogP contribution in [0.4, 0.5) is 11.4 Å². The molecule has 1 aliphatic heterocycles. The Labute approximate surface area is 143 Å². The molecule has 1 saturated heterocycles. The molecule has 0 N–H and O–H groups in total. The first-order valence-electron chi connectivity index (χ1n) is 7.68. The molecule has 0 aliphatic carbocycles. The highest BCUT2D eigenvalue weighted by Crippen LogP contribution is 2.40. The number of para-hydroxylation sites is 2. The number of hydroxylamine groups is 1. The van der Waals surface area contributed by atoms with E-state index in [9.17, 15) is 4.21 Å². The van der Waals surface area contributed by atoms with Gasteiger partial charge in [0.2, 0.25) is 0 Å². The van der Waals surface area contributed by atoms with Gasteiger partial charge in [0, 0.05) is 0 Å². The lowest BCUT2D eigenvalue weighted by Crippen LogP contribution is -2.30. The van der Waals surface area contributed by atoms with Crippen molar-refractivity contribution in [1.82, 2.24) is 0 Å². The molecule has 0 unspecified atom stereocenters. The van der Waals surface area contributed by atoms with Gasteiger partial charge in [0.1, 0.15) is 0 Å². The van der Waals surface area contributed by atoms with Crippen LogP contribution in [0.5, 0.6) is 0 Å². The molecule has 0 amide bonds. The molecule has 4 rings (SSSR count). The summed E-state index contributed by atoms with van der Waals surface area (Å²) in [7, 11) is 0. The molecule has 5 heteroatoms. The summed E-state index contributed by atoms with van der Waals surface area (Å²) in [5, 5.41) is 1.71. The average Bonchev–Trinajstić information content (AvgIpc) is 3.01. The largest absolute Gasteiger partial charge is 0.289 e. The first-order chi connectivity index (χ1) is 11.8. The average molecular weight is 336 g/mol. The summed E-state index contributed by atoms with van der Waals surface area (Å²) in [4.78, 5) is 0. The van der Waals surface area contributed by atoms with Gasteiger partial charge in [0.15, 0.2) is 6.17 Å². The lowest BCUT2D eigenvalue weighted by Gasteiger charge is -2.27. The van der Waals surface area contributed by atoms with Gasteiger partial charge < -0.3 is 0 Å². The van der Waals surface area contributed by atoms with E-state index in [0.717, 1.165) is 16.9 Å². The van der Waals surface area contributed by atoms with Crippen LogP contribution in [0.25, 0.3) is 0 Å². The zero-order chi connectivity index (χ0) is 16.4. The first-order valence-corrected chi connectivity index (χ1v) is 8.71. The minimum Gasteiger partial charge on any atom is -0.239 e. The fourth-order valence-electron chi connectivity index (χ4n) is 2.78. The molecular formula is C19H16N2O2S. The van der Waals surface area contributed by atoms with Crippen LogP contribution in [0.1, 0.15) is 11.7 Å². The van der Waals surface area contributed by atoms with Gasteiger partial charge in [-0.3, -0.25) is 0 Å². The van der Waals surface area contributed by atoms with Gasteiger partial charge in [0.25, 0.3) is 11.3 Å². The van der Waals surface area contributed by atoms with Crippen molar-refractivity contribution in [3.05, 3.63) is 96.6 Å². The van der Waals surface area contributed by atoms with Gasteiger partial charge in [-0.1, -0.05) is 66.7 Å². The highest BCUT2D eigenvalue weighted by Gasteiger charge is 2.41. The fraction of sp³-hybridized carbons (Fsp3) is 0.0526. The predicted molar refractivity (Wildman–Crippen MR) is 96.3 cm³/mol. The molecule has 4 nitrogen and oxygen atoms in total. The third-order valence-corrected chi connectivity index (χ3v) is 4.89. The maximum Gasteiger partial charge on any atom is 0.289 e. The Morgan fingerprint density at radius 3 is 1.79 bits per heavy atom. The van der Waals surface area contributed by atoms with Crippen LogP contribution in [-0.4, -0.2) is 4.21 Å². The van der Waals surface area contributed by atoms with Crippen LogP contribution in [0.2, 0.25) is 0 Å². The fourth-order valence-corrected chi connectivity index (χ4v) is 3.82. The topological polar surface area (TPSA) is 32.8 Å². The third-order valence-electron chi connectivity index (χ3n) is 3.87. The Morgan fingerprint density at radius 1 is 0.708 bits per heavy atom. The number of benzene rings is 3. The molecule has 2 atom stereocenters. The van der Waals surface area contributed by atoms with E-state index in [4.69, 9.17) is 4.28 Å². The van der Waals surface area contributed by atoms with Gasteiger partial charge in [-0.2, -0.15) is 0 Å². The van der Waals surface area contributed by atoms with E-state index in [1.165, 1.54) is 0 Å². The summed E-state index contributed by atoms with van der Waals surface area (Å²) in [6.07, 6.45) is -0.308. The highest BCUT2D eigenvalue weighted by atomic mass is 32.2. The lowest BCUT2D eigenvalue weighted by atomic mass is 10.1. The number of hydrogen-bond donors (Lipinski definition) is 0. The molecular weight excluding hydrogens is 320 g/mol. The smallest absolute Gasteiger partial charge is 0.239 e. The van der Waals surface area contributed by atoms with Crippen molar-refractivity contribution in [3.8, 4) is 0 Å². The molecule has 0 bridgehead atoms. The number of nitrogens with zero attached hydrogens (tertiary/aromatic N) is 2. The van der Waals surface area contributed by atoms with E-state index in [0.29, 0.717) is 0 Å². The summed E-state index contributed by atoms with van der Waals surface area (Å²) in [6.45, 7) is 0. The zero-order valence-electron chi connectivity index (χ0n) is 12.9. The van der Waals surface area contributed by atoms with Crippen molar-refractivity contribution in [3.63, 3.8) is 0 Å². The molecule has 1 fully saturated rings. The van der Waals surface area contributed by atoms with Crippen molar-refractivity contribution in [1.29, 1.82) is 0 Å². The standard InChI is InChI=1S/C19H16N2O2S/c22-24-21(18-14-8-3-9-15-18)19(16-10-4-1-5-11-16)20(23-24)17-12-6-2-7-13-17/h1-15,19H/t19-,24+/m1/s1. The number of anilines is 2. The molecule has 0 radical (unpaired) electrons. The maximum atomic E-state index is 12.7. The van der Waals surface area contributed by atoms with E-state index in [2.05, 4.69) is 0 Å². The van der Waals surface area contributed by atoms with Gasteiger partial charge in [-0.25, -0.2) is 13.6 Å². The SMILES string of the molecule is O=[S@]1ON(c2ccccc2)[C@@H](c2ccccc2)N1c1ccccc1. The first kappa shape index (κ1) is 14.9. The Kier molecular flexibility index (Phi) is 4.02. The predicted octanol–water partition coefficient (Wildman–Crippen LogP) is 4.22. The monoisotopic (exact) mass is 336 g/mol. The van der Waals surface area contributed by atoms with Crippen LogP contribution in [0.3, 0.4) is 0 Å². The van der Waals surface area contributed by atoms with Gasteiger partial charge in [-0.05, 0) is 29.8 Å². The van der Waals surface area contributed by atoms with Crippen LogP contribution in [0, 0.1) is 0 Å². The van der Waals surface area contributed by atoms with Crippen molar-refractivity contribution in [2.45, 2.75) is 6.17 Å². The normalized spacial score (nSPS) is 20.3. The van der Waals surface area contributed by atoms with Crippen molar-refractivity contribution < 1.29 is 8.49 Å². The van der Waals surface area contributed by atoms with Gasteiger partial charge in [0.05, 0.1) is 11.4 Å². The van der Waals surface area contributed by atoms with Crippen molar-refractivity contribution in [2.75, 3.05) is 9.37 Å². The number of rotatable bonds is 3. The summed E-state index contributed by atoms with van der Waals surface area (Å²) in [5.74, 6) is 0. The number of hydrogen-bond acceptors (Lipinski definition) is 3. The van der Waals surface area contributed by atoms with Gasteiger partial charge >= 0.3 is 0 Å². The molecule has 24 heavy (non-hydrogen) atoms. The van der Waals surface area contributed by atoms with Crippen LogP contribution >= 0.6 is 0 Å². The van der Waals surface area contributed by atoms with Crippen LogP contribution in [-0.2, 0) is 15.6 Å². The Bertz CT molecular complexity index is 828. The minimum atomic E-state index is -1.61. The molecule has 120 valence electrons. The van der Waals surface area contributed by atoms with E-state index in [1.54, 1.807) is 9.37 Å².